The minimum absolute atomic E-state index is 0.318. The van der Waals surface area contributed by atoms with Gasteiger partial charge in [0.15, 0.2) is 0 Å². The Morgan fingerprint density at radius 2 is 1.94 bits per heavy atom. The third kappa shape index (κ3) is 1.41. The van der Waals surface area contributed by atoms with Crippen molar-refractivity contribution in [2.45, 2.75) is 39.2 Å². The minimum Gasteiger partial charge on any atom is -0.0619 e. The van der Waals surface area contributed by atoms with Gasteiger partial charge < -0.3 is 0 Å². The molecule has 2 atom stereocenters. The first-order valence-electron chi connectivity index (χ1n) is 6.57. The van der Waals surface area contributed by atoms with Crippen molar-refractivity contribution in [2.24, 2.45) is 11.3 Å². The number of rotatable bonds is 0. The maximum absolute atomic E-state index is 3.98. The standard InChI is InChI=1S/C16H19Si/c1-10-8-9-12-11-6-4-5-7-13(11)15(17)14(12)16(10,2)3/h4-7,10,15H,8-9H2,1-3H3. The van der Waals surface area contributed by atoms with Gasteiger partial charge in [0.1, 0.15) is 0 Å². The van der Waals surface area contributed by atoms with Crippen molar-refractivity contribution in [1.82, 2.24) is 0 Å². The average molecular weight is 239 g/mol. The first-order chi connectivity index (χ1) is 8.03. The molecule has 87 valence electrons. The summed E-state index contributed by atoms with van der Waals surface area (Å²) in [5.74, 6) is 0.773. The lowest BCUT2D eigenvalue weighted by Gasteiger charge is -2.40. The van der Waals surface area contributed by atoms with Crippen LogP contribution in [0.1, 0.15) is 50.3 Å². The first kappa shape index (κ1) is 11.3. The quantitative estimate of drug-likeness (QED) is 0.597. The van der Waals surface area contributed by atoms with E-state index in [0.29, 0.717) is 11.0 Å². The summed E-state index contributed by atoms with van der Waals surface area (Å²) in [6, 6.07) is 8.88. The highest BCUT2D eigenvalue weighted by Gasteiger charge is 2.42. The Hall–Kier alpha value is -0.823. The molecule has 1 aromatic rings. The molecule has 2 aliphatic carbocycles. The lowest BCUT2D eigenvalue weighted by atomic mass is 9.66. The van der Waals surface area contributed by atoms with Crippen LogP contribution >= 0.6 is 0 Å². The zero-order chi connectivity index (χ0) is 12.2. The average Bonchev–Trinajstić information content (AvgIpc) is 2.60. The summed E-state index contributed by atoms with van der Waals surface area (Å²) in [5.41, 5.74) is 6.95. The van der Waals surface area contributed by atoms with Crippen molar-refractivity contribution in [2.75, 3.05) is 0 Å². The molecule has 1 aromatic carbocycles. The maximum Gasteiger partial charge on any atom is 0.0392 e. The smallest absolute Gasteiger partial charge is 0.0392 e. The number of benzene rings is 1. The summed E-state index contributed by atoms with van der Waals surface area (Å²) >= 11 is 0. The van der Waals surface area contributed by atoms with E-state index >= 15 is 0 Å². The summed E-state index contributed by atoms with van der Waals surface area (Å²) in [4.78, 5) is 0. The molecule has 3 radical (unpaired) electrons. The fourth-order valence-electron chi connectivity index (χ4n) is 3.52. The molecule has 0 bridgehead atoms. The summed E-state index contributed by atoms with van der Waals surface area (Å²) < 4.78 is 0. The molecule has 2 aliphatic rings. The van der Waals surface area contributed by atoms with Gasteiger partial charge in [0.05, 0.1) is 0 Å². The Bertz CT molecular complexity index is 496. The number of fused-ring (bicyclic) bond motifs is 2. The lowest BCUT2D eigenvalue weighted by Crippen LogP contribution is -2.29. The van der Waals surface area contributed by atoms with Crippen LogP contribution in [0.15, 0.2) is 29.8 Å². The van der Waals surface area contributed by atoms with Crippen molar-refractivity contribution in [3.8, 4) is 0 Å². The predicted octanol–water partition coefficient (Wildman–Crippen LogP) is 4.12. The molecule has 0 aromatic heterocycles. The summed E-state index contributed by atoms with van der Waals surface area (Å²) in [6.07, 6.45) is 2.57. The third-order valence-corrected chi connectivity index (χ3v) is 5.56. The molecule has 0 N–H and O–H groups in total. The second-order valence-corrected chi connectivity index (χ2v) is 6.65. The van der Waals surface area contributed by atoms with Crippen LogP contribution in [-0.4, -0.2) is 10.2 Å². The van der Waals surface area contributed by atoms with Crippen LogP contribution in [0.2, 0.25) is 0 Å². The van der Waals surface area contributed by atoms with Crippen molar-refractivity contribution < 1.29 is 0 Å². The van der Waals surface area contributed by atoms with E-state index in [0.717, 1.165) is 5.92 Å². The SMILES string of the molecule is CC1CCC2=C(C([Si])c3ccccc32)C1(C)C. The van der Waals surface area contributed by atoms with Crippen LogP contribution < -0.4 is 0 Å². The van der Waals surface area contributed by atoms with Crippen LogP contribution in [0.5, 0.6) is 0 Å². The number of hydrogen-bond donors (Lipinski definition) is 0. The monoisotopic (exact) mass is 239 g/mol. The van der Waals surface area contributed by atoms with Gasteiger partial charge in [-0.25, -0.2) is 0 Å². The Balaban J connectivity index is 2.20. The van der Waals surface area contributed by atoms with Crippen LogP contribution in [0.3, 0.4) is 0 Å². The Morgan fingerprint density at radius 3 is 2.71 bits per heavy atom. The molecule has 0 saturated carbocycles. The second kappa shape index (κ2) is 3.58. The van der Waals surface area contributed by atoms with Gasteiger partial charge in [-0.1, -0.05) is 50.6 Å². The topological polar surface area (TPSA) is 0 Å². The normalized spacial score (nSPS) is 30.1. The minimum atomic E-state index is 0.318. The molecule has 0 nitrogen and oxygen atoms in total. The van der Waals surface area contributed by atoms with Crippen molar-refractivity contribution in [3.05, 3.63) is 41.0 Å². The Labute approximate surface area is 108 Å². The highest BCUT2D eigenvalue weighted by molar-refractivity contribution is 6.17. The molecular weight excluding hydrogens is 220 g/mol. The van der Waals surface area contributed by atoms with E-state index in [1.54, 1.807) is 11.1 Å². The van der Waals surface area contributed by atoms with Gasteiger partial charge in [-0.2, -0.15) is 0 Å². The number of allylic oxidation sites excluding steroid dienone is 2. The second-order valence-electron chi connectivity index (χ2n) is 6.07. The Kier molecular flexibility index (Phi) is 2.38. The van der Waals surface area contributed by atoms with E-state index in [1.807, 2.05) is 0 Å². The highest BCUT2D eigenvalue weighted by Crippen LogP contribution is 2.56. The summed E-state index contributed by atoms with van der Waals surface area (Å²) in [6.45, 7) is 7.21. The van der Waals surface area contributed by atoms with E-state index in [-0.39, 0.29) is 0 Å². The van der Waals surface area contributed by atoms with Crippen molar-refractivity contribution in [3.63, 3.8) is 0 Å². The molecule has 2 unspecified atom stereocenters. The molecule has 0 fully saturated rings. The molecular formula is C16H19Si. The van der Waals surface area contributed by atoms with Crippen LogP contribution in [0.25, 0.3) is 5.57 Å². The zero-order valence-corrected chi connectivity index (χ0v) is 11.9. The van der Waals surface area contributed by atoms with Gasteiger partial charge in [-0.15, -0.1) is 0 Å². The third-order valence-electron chi connectivity index (χ3n) is 4.96. The molecule has 0 amide bonds. The molecule has 0 aliphatic heterocycles. The van der Waals surface area contributed by atoms with Crippen LogP contribution in [0.4, 0.5) is 0 Å². The molecule has 3 rings (SSSR count). The fraction of sp³-hybridized carbons (Fsp3) is 0.500. The zero-order valence-electron chi connectivity index (χ0n) is 10.9. The van der Waals surface area contributed by atoms with Crippen molar-refractivity contribution in [1.29, 1.82) is 0 Å². The van der Waals surface area contributed by atoms with Gasteiger partial charge in [0.25, 0.3) is 0 Å². The first-order valence-corrected chi connectivity index (χ1v) is 7.15. The van der Waals surface area contributed by atoms with E-state index in [9.17, 15) is 0 Å². The van der Waals surface area contributed by atoms with Gasteiger partial charge in [0.2, 0.25) is 0 Å². The molecule has 0 saturated heterocycles. The summed E-state index contributed by atoms with van der Waals surface area (Å²) in [7, 11) is 3.98. The van der Waals surface area contributed by atoms with Crippen LogP contribution in [-0.2, 0) is 0 Å². The molecule has 0 heterocycles. The lowest BCUT2D eigenvalue weighted by molar-refractivity contribution is 0.256. The highest BCUT2D eigenvalue weighted by atomic mass is 28.1. The molecule has 17 heavy (non-hydrogen) atoms. The van der Waals surface area contributed by atoms with E-state index in [1.165, 1.54) is 24.0 Å². The summed E-state index contributed by atoms with van der Waals surface area (Å²) in [5, 5.41) is 0. The van der Waals surface area contributed by atoms with Crippen molar-refractivity contribution >= 4 is 15.8 Å². The van der Waals surface area contributed by atoms with Gasteiger partial charge in [-0.05, 0) is 46.4 Å². The van der Waals surface area contributed by atoms with E-state index < -0.39 is 0 Å². The molecule has 0 spiro atoms. The molecule has 1 heteroatoms. The van der Waals surface area contributed by atoms with Crippen LogP contribution in [0, 0.1) is 11.3 Å². The van der Waals surface area contributed by atoms with Gasteiger partial charge in [-0.3, -0.25) is 0 Å². The fourth-order valence-corrected chi connectivity index (χ4v) is 4.31. The van der Waals surface area contributed by atoms with E-state index in [4.69, 9.17) is 0 Å². The van der Waals surface area contributed by atoms with E-state index in [2.05, 4.69) is 55.3 Å². The predicted molar refractivity (Wildman–Crippen MR) is 74.0 cm³/mol. The Morgan fingerprint density at radius 1 is 1.24 bits per heavy atom. The van der Waals surface area contributed by atoms with Gasteiger partial charge >= 0.3 is 0 Å². The largest absolute Gasteiger partial charge is 0.0619 e. The van der Waals surface area contributed by atoms with Gasteiger partial charge in [0, 0.05) is 10.2 Å². The number of hydrogen-bond acceptors (Lipinski definition) is 0. The maximum atomic E-state index is 3.98.